The van der Waals surface area contributed by atoms with Crippen LogP contribution in [0.15, 0.2) is 42.9 Å². The third-order valence-corrected chi connectivity index (χ3v) is 3.08. The van der Waals surface area contributed by atoms with Crippen LogP contribution in [0.1, 0.15) is 5.69 Å². The summed E-state index contributed by atoms with van der Waals surface area (Å²) < 4.78 is 4.68. The van der Waals surface area contributed by atoms with E-state index in [1.807, 2.05) is 24.4 Å². The van der Waals surface area contributed by atoms with E-state index in [4.69, 9.17) is 0 Å². The third-order valence-electron chi connectivity index (χ3n) is 3.08. The van der Waals surface area contributed by atoms with E-state index >= 15 is 0 Å². The Morgan fingerprint density at radius 3 is 3.10 bits per heavy atom. The van der Waals surface area contributed by atoms with Gasteiger partial charge in [-0.05, 0) is 18.2 Å². The molecule has 0 atom stereocenters. The molecular weight excluding hydrogens is 254 g/mol. The van der Waals surface area contributed by atoms with Crippen molar-refractivity contribution in [2.24, 2.45) is 0 Å². The van der Waals surface area contributed by atoms with Crippen molar-refractivity contribution in [3.05, 3.63) is 48.5 Å². The first-order valence-corrected chi connectivity index (χ1v) is 6.30. The Labute approximate surface area is 115 Å². The van der Waals surface area contributed by atoms with Gasteiger partial charge in [-0.3, -0.25) is 9.78 Å². The van der Waals surface area contributed by atoms with Crippen LogP contribution >= 0.6 is 0 Å². The van der Waals surface area contributed by atoms with Crippen molar-refractivity contribution in [1.29, 1.82) is 0 Å². The molecular formula is C15H13N3O2. The van der Waals surface area contributed by atoms with Crippen LogP contribution in [0.4, 0.5) is 0 Å². The molecule has 0 saturated carbocycles. The molecule has 2 heterocycles. The lowest BCUT2D eigenvalue weighted by Gasteiger charge is -2.04. The van der Waals surface area contributed by atoms with Crippen LogP contribution in [-0.2, 0) is 16.0 Å². The topological polar surface area (TPSA) is 67.9 Å². The molecule has 100 valence electrons. The zero-order valence-electron chi connectivity index (χ0n) is 10.7. The van der Waals surface area contributed by atoms with Crippen molar-refractivity contribution in [2.75, 3.05) is 6.61 Å². The predicted octanol–water partition coefficient (Wildman–Crippen LogP) is 2.34. The summed E-state index contributed by atoms with van der Waals surface area (Å²) in [4.78, 5) is 22.0. The highest BCUT2D eigenvalue weighted by atomic mass is 16.5. The smallest absolute Gasteiger partial charge is 0.293 e. The van der Waals surface area contributed by atoms with Crippen LogP contribution in [0, 0.1) is 0 Å². The molecule has 0 saturated heterocycles. The number of hydrogen-bond acceptors (Lipinski definition) is 4. The van der Waals surface area contributed by atoms with Gasteiger partial charge in [-0.25, -0.2) is 4.98 Å². The molecule has 20 heavy (non-hydrogen) atoms. The zero-order chi connectivity index (χ0) is 13.8. The van der Waals surface area contributed by atoms with Gasteiger partial charge in [-0.2, -0.15) is 0 Å². The SMILES string of the molecule is O=COCCc1cncc(-c2ccc3[nH]ccc3c2)n1. The predicted molar refractivity (Wildman–Crippen MR) is 75.0 cm³/mol. The van der Waals surface area contributed by atoms with Gasteiger partial charge >= 0.3 is 0 Å². The lowest BCUT2D eigenvalue weighted by atomic mass is 10.1. The molecule has 5 heteroatoms. The van der Waals surface area contributed by atoms with Crippen molar-refractivity contribution in [1.82, 2.24) is 15.0 Å². The third kappa shape index (κ3) is 2.51. The number of carbonyl (C=O) groups excluding carboxylic acids is 1. The van der Waals surface area contributed by atoms with Gasteiger partial charge in [0.15, 0.2) is 0 Å². The van der Waals surface area contributed by atoms with E-state index in [1.165, 1.54) is 0 Å². The summed E-state index contributed by atoms with van der Waals surface area (Å²) in [6, 6.07) is 8.12. The Morgan fingerprint density at radius 1 is 1.25 bits per heavy atom. The summed E-state index contributed by atoms with van der Waals surface area (Å²) in [6.45, 7) is 0.760. The van der Waals surface area contributed by atoms with Gasteiger partial charge in [0.1, 0.15) is 0 Å². The summed E-state index contributed by atoms with van der Waals surface area (Å²) in [5.74, 6) is 0. The average molecular weight is 267 g/mol. The number of H-pyrrole nitrogens is 1. The van der Waals surface area contributed by atoms with Crippen molar-refractivity contribution in [2.45, 2.75) is 6.42 Å². The minimum Gasteiger partial charge on any atom is -0.467 e. The number of benzene rings is 1. The van der Waals surface area contributed by atoms with Gasteiger partial charge < -0.3 is 9.72 Å². The first-order valence-electron chi connectivity index (χ1n) is 6.30. The fraction of sp³-hybridized carbons (Fsp3) is 0.133. The number of fused-ring (bicyclic) bond motifs is 1. The van der Waals surface area contributed by atoms with Crippen LogP contribution in [0.25, 0.3) is 22.2 Å². The van der Waals surface area contributed by atoms with Crippen LogP contribution in [0.2, 0.25) is 0 Å². The van der Waals surface area contributed by atoms with E-state index in [9.17, 15) is 4.79 Å². The number of nitrogens with zero attached hydrogens (tertiary/aromatic N) is 2. The number of rotatable bonds is 5. The van der Waals surface area contributed by atoms with Gasteiger partial charge in [0.05, 0.1) is 24.2 Å². The molecule has 0 radical (unpaired) electrons. The molecule has 2 aromatic heterocycles. The molecule has 5 nitrogen and oxygen atoms in total. The Bertz CT molecular complexity index is 737. The second-order valence-corrected chi connectivity index (χ2v) is 4.39. The second-order valence-electron chi connectivity index (χ2n) is 4.39. The van der Waals surface area contributed by atoms with E-state index in [0.717, 1.165) is 27.9 Å². The van der Waals surface area contributed by atoms with Crippen LogP contribution < -0.4 is 0 Å². The van der Waals surface area contributed by atoms with Crippen LogP contribution in [0.3, 0.4) is 0 Å². The van der Waals surface area contributed by atoms with Crippen molar-refractivity contribution >= 4 is 17.4 Å². The standard InChI is InChI=1S/C15H13N3O2/c19-10-20-6-4-13-8-16-9-15(18-13)11-1-2-14-12(7-11)3-5-17-14/h1-3,5,7-10,17H,4,6H2. The fourth-order valence-corrected chi connectivity index (χ4v) is 2.09. The summed E-state index contributed by atoms with van der Waals surface area (Å²) in [5.41, 5.74) is 3.73. The molecule has 0 aliphatic heterocycles. The number of aromatic nitrogens is 3. The quantitative estimate of drug-likeness (QED) is 0.569. The molecule has 3 aromatic rings. The molecule has 1 N–H and O–H groups in total. The molecule has 0 amide bonds. The average Bonchev–Trinajstić information content (AvgIpc) is 2.95. The maximum Gasteiger partial charge on any atom is 0.293 e. The first-order chi connectivity index (χ1) is 9.86. The van der Waals surface area contributed by atoms with Gasteiger partial charge in [0, 0.05) is 35.3 Å². The summed E-state index contributed by atoms with van der Waals surface area (Å²) >= 11 is 0. The molecule has 0 bridgehead atoms. The lowest BCUT2D eigenvalue weighted by Crippen LogP contribution is -2.00. The first kappa shape index (κ1) is 12.3. The Morgan fingerprint density at radius 2 is 2.20 bits per heavy atom. The van der Waals surface area contributed by atoms with Crippen molar-refractivity contribution < 1.29 is 9.53 Å². The maximum atomic E-state index is 10.1. The fourth-order valence-electron chi connectivity index (χ4n) is 2.09. The number of ether oxygens (including phenoxy) is 1. The zero-order valence-corrected chi connectivity index (χ0v) is 10.7. The highest BCUT2D eigenvalue weighted by Crippen LogP contribution is 2.22. The molecule has 0 spiro atoms. The van der Waals surface area contributed by atoms with Crippen LogP contribution in [-0.4, -0.2) is 28.0 Å². The van der Waals surface area contributed by atoms with E-state index in [-0.39, 0.29) is 0 Å². The molecule has 0 aliphatic carbocycles. The molecule has 3 rings (SSSR count). The Balaban J connectivity index is 1.88. The second kappa shape index (κ2) is 5.52. The summed E-state index contributed by atoms with van der Waals surface area (Å²) in [7, 11) is 0. The van der Waals surface area contributed by atoms with Gasteiger partial charge in [-0.1, -0.05) is 6.07 Å². The Kier molecular flexibility index (Phi) is 3.41. The minimum atomic E-state index is 0.318. The number of aromatic amines is 1. The van der Waals surface area contributed by atoms with Gasteiger partial charge in [-0.15, -0.1) is 0 Å². The lowest BCUT2D eigenvalue weighted by molar-refractivity contribution is -0.128. The molecule has 0 aliphatic rings. The number of nitrogens with one attached hydrogen (secondary N) is 1. The van der Waals surface area contributed by atoms with E-state index < -0.39 is 0 Å². The molecule has 1 aromatic carbocycles. The van der Waals surface area contributed by atoms with Crippen molar-refractivity contribution in [3.8, 4) is 11.3 Å². The summed E-state index contributed by atoms with van der Waals surface area (Å²) in [6.07, 6.45) is 5.89. The molecule has 0 unspecified atom stereocenters. The van der Waals surface area contributed by atoms with Gasteiger partial charge in [0.25, 0.3) is 6.47 Å². The highest BCUT2D eigenvalue weighted by Gasteiger charge is 2.04. The minimum absolute atomic E-state index is 0.318. The van der Waals surface area contributed by atoms with E-state index in [1.54, 1.807) is 12.4 Å². The Hall–Kier alpha value is -2.69. The highest BCUT2D eigenvalue weighted by molar-refractivity contribution is 5.84. The maximum absolute atomic E-state index is 10.1. The monoisotopic (exact) mass is 267 g/mol. The number of hydrogen-bond donors (Lipinski definition) is 1. The summed E-state index contributed by atoms with van der Waals surface area (Å²) in [5, 5.41) is 1.14. The number of carbonyl (C=O) groups is 1. The largest absolute Gasteiger partial charge is 0.467 e. The van der Waals surface area contributed by atoms with E-state index in [2.05, 4.69) is 25.8 Å². The van der Waals surface area contributed by atoms with Crippen LogP contribution in [0.5, 0.6) is 0 Å². The van der Waals surface area contributed by atoms with Crippen molar-refractivity contribution in [3.63, 3.8) is 0 Å². The van der Waals surface area contributed by atoms with Gasteiger partial charge in [0.2, 0.25) is 0 Å². The van der Waals surface area contributed by atoms with E-state index in [0.29, 0.717) is 19.5 Å². The molecule has 0 fully saturated rings. The normalized spacial score (nSPS) is 10.6.